The third-order valence-electron chi connectivity index (χ3n) is 4.56. The molecule has 8 heteroatoms. The van der Waals surface area contributed by atoms with Crippen LogP contribution in [0.15, 0.2) is 53.6 Å². The number of nitrogens with zero attached hydrogens (tertiary/aromatic N) is 3. The second kappa shape index (κ2) is 8.34. The van der Waals surface area contributed by atoms with Gasteiger partial charge in [-0.2, -0.15) is 5.10 Å². The molecule has 0 N–H and O–H groups in total. The van der Waals surface area contributed by atoms with Crippen LogP contribution in [0.25, 0.3) is 22.4 Å². The van der Waals surface area contributed by atoms with Gasteiger partial charge in [-0.25, -0.2) is 12.8 Å². The molecule has 2 aromatic carbocycles. The van der Waals surface area contributed by atoms with E-state index in [0.29, 0.717) is 17.8 Å². The van der Waals surface area contributed by atoms with Gasteiger partial charge in [0.15, 0.2) is 21.4 Å². The molecule has 0 atom stereocenters. The number of rotatable bonds is 7. The van der Waals surface area contributed by atoms with Crippen molar-refractivity contribution in [1.29, 1.82) is 0 Å². The average Bonchev–Trinajstić information content (AvgIpc) is 3.10. The zero-order valence-corrected chi connectivity index (χ0v) is 17.7. The third kappa shape index (κ3) is 4.83. The molecule has 0 bridgehead atoms. The van der Waals surface area contributed by atoms with Crippen molar-refractivity contribution in [3.8, 4) is 28.1 Å². The normalized spacial score (nSPS) is 11.8. The summed E-state index contributed by atoms with van der Waals surface area (Å²) >= 11 is 0. The molecule has 1 aromatic heterocycles. The van der Waals surface area contributed by atoms with Gasteiger partial charge >= 0.3 is 0 Å². The monoisotopic (exact) mass is 417 g/mol. The molecular formula is C21H24FN3O3S. The number of ether oxygens (including phenoxy) is 1. The zero-order chi connectivity index (χ0) is 21.2. The maximum atomic E-state index is 14.3. The molecule has 0 saturated carbocycles. The third-order valence-corrected chi connectivity index (χ3v) is 5.69. The topological polar surface area (TPSA) is 64.4 Å². The Kier molecular flexibility index (Phi) is 6.04. The lowest BCUT2D eigenvalue weighted by atomic mass is 10.0. The molecular weight excluding hydrogens is 393 g/mol. The van der Waals surface area contributed by atoms with Crippen LogP contribution in [-0.2, 0) is 16.4 Å². The Morgan fingerprint density at radius 2 is 1.76 bits per heavy atom. The lowest BCUT2D eigenvalue weighted by Gasteiger charge is -2.08. The number of benzene rings is 2. The molecule has 3 aromatic rings. The van der Waals surface area contributed by atoms with E-state index in [1.165, 1.54) is 19.4 Å². The first kappa shape index (κ1) is 21.0. The van der Waals surface area contributed by atoms with Crippen molar-refractivity contribution in [3.05, 3.63) is 54.5 Å². The molecule has 3 rings (SSSR count). The lowest BCUT2D eigenvalue weighted by Crippen LogP contribution is -2.18. The molecule has 6 nitrogen and oxygen atoms in total. The molecule has 0 saturated heterocycles. The number of likely N-dealkylation sites (N-methyl/N-ethyl adjacent to an activating group) is 1. The van der Waals surface area contributed by atoms with Gasteiger partial charge in [0.05, 0.1) is 18.6 Å². The fourth-order valence-electron chi connectivity index (χ4n) is 2.96. The highest BCUT2D eigenvalue weighted by molar-refractivity contribution is 7.90. The summed E-state index contributed by atoms with van der Waals surface area (Å²) < 4.78 is 44.6. The van der Waals surface area contributed by atoms with Gasteiger partial charge in [0, 0.05) is 30.1 Å². The first-order valence-electron chi connectivity index (χ1n) is 9.05. The van der Waals surface area contributed by atoms with E-state index in [1.54, 1.807) is 36.4 Å². The van der Waals surface area contributed by atoms with Crippen LogP contribution in [0.5, 0.6) is 5.75 Å². The van der Waals surface area contributed by atoms with E-state index in [2.05, 4.69) is 10.00 Å². The number of hydrogen-bond donors (Lipinski definition) is 0. The molecule has 0 aliphatic rings. The van der Waals surface area contributed by atoms with Gasteiger partial charge in [-0.3, -0.25) is 4.68 Å². The minimum absolute atomic E-state index is 0.174. The summed E-state index contributed by atoms with van der Waals surface area (Å²) in [6, 6.07) is 11.3. The van der Waals surface area contributed by atoms with Crippen LogP contribution in [0.3, 0.4) is 0 Å². The number of halogens is 1. The summed E-state index contributed by atoms with van der Waals surface area (Å²) in [6.45, 7) is 1.46. The number of sulfone groups is 1. The molecule has 29 heavy (non-hydrogen) atoms. The summed E-state index contributed by atoms with van der Waals surface area (Å²) in [7, 11) is 2.10. The number of methoxy groups -OCH3 is 1. The Labute approximate surface area is 170 Å². The highest BCUT2D eigenvalue weighted by atomic mass is 32.2. The maximum absolute atomic E-state index is 14.3. The fraction of sp³-hybridized carbons (Fsp3) is 0.286. The predicted molar refractivity (Wildman–Crippen MR) is 111 cm³/mol. The van der Waals surface area contributed by atoms with Crippen molar-refractivity contribution < 1.29 is 17.5 Å². The largest absolute Gasteiger partial charge is 0.494 e. The van der Waals surface area contributed by atoms with Gasteiger partial charge in [-0.1, -0.05) is 18.2 Å². The molecule has 0 aliphatic heterocycles. The van der Waals surface area contributed by atoms with Crippen LogP contribution in [-0.4, -0.2) is 57.1 Å². The second-order valence-electron chi connectivity index (χ2n) is 7.10. The van der Waals surface area contributed by atoms with Crippen LogP contribution in [0.2, 0.25) is 0 Å². The Morgan fingerprint density at radius 1 is 1.10 bits per heavy atom. The van der Waals surface area contributed by atoms with Crippen molar-refractivity contribution in [3.63, 3.8) is 0 Å². The van der Waals surface area contributed by atoms with E-state index in [-0.39, 0.29) is 10.6 Å². The summed E-state index contributed by atoms with van der Waals surface area (Å²) in [4.78, 5) is 2.29. The van der Waals surface area contributed by atoms with Crippen LogP contribution in [0.4, 0.5) is 4.39 Å². The molecule has 0 fully saturated rings. The quantitative estimate of drug-likeness (QED) is 0.590. The average molecular weight is 418 g/mol. The first-order valence-corrected chi connectivity index (χ1v) is 10.9. The van der Waals surface area contributed by atoms with Crippen LogP contribution >= 0.6 is 0 Å². The Hall–Kier alpha value is -2.71. The molecule has 0 unspecified atom stereocenters. The van der Waals surface area contributed by atoms with Gasteiger partial charge in [0.1, 0.15) is 5.69 Å². The first-order chi connectivity index (χ1) is 13.7. The molecule has 0 radical (unpaired) electrons. The Morgan fingerprint density at radius 3 is 2.31 bits per heavy atom. The van der Waals surface area contributed by atoms with Gasteiger partial charge in [-0.05, 0) is 43.9 Å². The summed E-state index contributed by atoms with van der Waals surface area (Å²) in [5.74, 6) is -0.280. The van der Waals surface area contributed by atoms with E-state index < -0.39 is 15.7 Å². The van der Waals surface area contributed by atoms with Crippen molar-refractivity contribution in [2.75, 3.05) is 34.0 Å². The molecule has 0 amide bonds. The Balaban J connectivity index is 2.08. The van der Waals surface area contributed by atoms with Crippen molar-refractivity contribution in [2.45, 2.75) is 11.4 Å². The SMILES string of the molecule is COc1ccc(-c2cn(CCN(C)C)nc2-c2ccc(S(C)(=O)=O)cc2)cc1F. The fourth-order valence-corrected chi connectivity index (χ4v) is 3.59. The highest BCUT2D eigenvalue weighted by Gasteiger charge is 2.16. The molecule has 154 valence electrons. The summed E-state index contributed by atoms with van der Waals surface area (Å²) in [6.07, 6.45) is 3.05. The molecule has 1 heterocycles. The maximum Gasteiger partial charge on any atom is 0.175 e. The van der Waals surface area contributed by atoms with Crippen LogP contribution in [0, 0.1) is 5.82 Å². The van der Waals surface area contributed by atoms with Crippen LogP contribution < -0.4 is 4.74 Å². The van der Waals surface area contributed by atoms with Gasteiger partial charge in [-0.15, -0.1) is 0 Å². The predicted octanol–water partition coefficient (Wildman–Crippen LogP) is 3.33. The minimum atomic E-state index is -3.28. The number of hydrogen-bond acceptors (Lipinski definition) is 5. The smallest absolute Gasteiger partial charge is 0.175 e. The van der Waals surface area contributed by atoms with E-state index >= 15 is 0 Å². The zero-order valence-electron chi connectivity index (χ0n) is 16.9. The van der Waals surface area contributed by atoms with Crippen molar-refractivity contribution in [1.82, 2.24) is 14.7 Å². The van der Waals surface area contributed by atoms with E-state index in [4.69, 9.17) is 4.74 Å². The number of aromatic nitrogens is 2. The standard InChI is InChI=1S/C21H24FN3O3S/c1-24(2)11-12-25-14-18(16-7-10-20(28-3)19(22)13-16)21(23-25)15-5-8-17(9-6-15)29(4,26)27/h5-10,13-14H,11-12H2,1-4H3. The van der Waals surface area contributed by atoms with Crippen molar-refractivity contribution >= 4 is 9.84 Å². The van der Waals surface area contributed by atoms with Crippen LogP contribution in [0.1, 0.15) is 0 Å². The summed E-state index contributed by atoms with van der Waals surface area (Å²) in [5.41, 5.74) is 2.85. The van der Waals surface area contributed by atoms with E-state index in [1.807, 2.05) is 25.0 Å². The minimum Gasteiger partial charge on any atom is -0.494 e. The van der Waals surface area contributed by atoms with E-state index in [9.17, 15) is 12.8 Å². The lowest BCUT2D eigenvalue weighted by molar-refractivity contribution is 0.373. The van der Waals surface area contributed by atoms with Crippen molar-refractivity contribution in [2.24, 2.45) is 0 Å². The van der Waals surface area contributed by atoms with E-state index in [0.717, 1.165) is 17.7 Å². The molecule has 0 aliphatic carbocycles. The highest BCUT2D eigenvalue weighted by Crippen LogP contribution is 2.33. The van der Waals surface area contributed by atoms with Gasteiger partial charge in [0.25, 0.3) is 0 Å². The van der Waals surface area contributed by atoms with Gasteiger partial charge in [0.2, 0.25) is 0 Å². The second-order valence-corrected chi connectivity index (χ2v) is 9.12. The van der Waals surface area contributed by atoms with Gasteiger partial charge < -0.3 is 9.64 Å². The summed E-state index contributed by atoms with van der Waals surface area (Å²) in [5, 5.41) is 4.68. The molecule has 0 spiro atoms. The Bertz CT molecular complexity index is 1110.